The maximum atomic E-state index is 11.8. The zero-order valence-corrected chi connectivity index (χ0v) is 13.6. The second kappa shape index (κ2) is 8.71. The van der Waals surface area contributed by atoms with E-state index in [1.807, 2.05) is 0 Å². The zero-order valence-electron chi connectivity index (χ0n) is 13.6. The summed E-state index contributed by atoms with van der Waals surface area (Å²) in [6.45, 7) is 10.3. The van der Waals surface area contributed by atoms with E-state index in [9.17, 15) is 4.79 Å². The van der Waals surface area contributed by atoms with E-state index in [1.54, 1.807) is 0 Å². The predicted molar refractivity (Wildman–Crippen MR) is 84.3 cm³/mol. The van der Waals surface area contributed by atoms with Crippen molar-refractivity contribution < 1.29 is 9.53 Å². The lowest BCUT2D eigenvalue weighted by Crippen LogP contribution is -2.46. The lowest BCUT2D eigenvalue weighted by molar-refractivity contribution is -0.121. The molecule has 3 unspecified atom stereocenters. The molecular formula is C16H31N3O2. The van der Waals surface area contributed by atoms with Crippen LogP contribution in [-0.4, -0.2) is 62.3 Å². The van der Waals surface area contributed by atoms with E-state index in [0.717, 1.165) is 52.1 Å². The number of nitrogens with one attached hydrogen (secondary N) is 2. The summed E-state index contributed by atoms with van der Waals surface area (Å²) in [7, 11) is 0. The minimum atomic E-state index is 0.214. The second-order valence-electron chi connectivity index (χ2n) is 6.62. The molecule has 2 saturated heterocycles. The monoisotopic (exact) mass is 297 g/mol. The fourth-order valence-electron chi connectivity index (χ4n) is 3.38. The molecule has 0 bridgehead atoms. The molecule has 1 amide bonds. The third kappa shape index (κ3) is 6.32. The van der Waals surface area contributed by atoms with Crippen LogP contribution in [0.15, 0.2) is 0 Å². The van der Waals surface area contributed by atoms with Crippen molar-refractivity contribution >= 4 is 5.91 Å². The van der Waals surface area contributed by atoms with E-state index in [1.165, 1.54) is 6.42 Å². The molecule has 5 nitrogen and oxygen atoms in total. The molecule has 2 N–H and O–H groups in total. The molecule has 0 aromatic heterocycles. The van der Waals surface area contributed by atoms with Crippen LogP contribution in [0.3, 0.4) is 0 Å². The molecular weight excluding hydrogens is 266 g/mol. The van der Waals surface area contributed by atoms with Crippen molar-refractivity contribution in [1.29, 1.82) is 0 Å². The van der Waals surface area contributed by atoms with Gasteiger partial charge < -0.3 is 15.4 Å². The summed E-state index contributed by atoms with van der Waals surface area (Å²) in [4.78, 5) is 14.2. The Morgan fingerprint density at radius 1 is 1.33 bits per heavy atom. The number of morpholine rings is 1. The van der Waals surface area contributed by atoms with E-state index in [4.69, 9.17) is 4.74 Å². The summed E-state index contributed by atoms with van der Waals surface area (Å²) < 4.78 is 5.73. The minimum Gasteiger partial charge on any atom is -0.373 e. The van der Waals surface area contributed by atoms with E-state index >= 15 is 0 Å². The van der Waals surface area contributed by atoms with Crippen LogP contribution in [0.4, 0.5) is 0 Å². The molecule has 0 radical (unpaired) electrons. The van der Waals surface area contributed by atoms with Crippen molar-refractivity contribution in [3.63, 3.8) is 0 Å². The van der Waals surface area contributed by atoms with E-state index in [-0.39, 0.29) is 5.91 Å². The third-order valence-electron chi connectivity index (χ3n) is 4.41. The highest BCUT2D eigenvalue weighted by molar-refractivity contribution is 5.75. The minimum absolute atomic E-state index is 0.214. The van der Waals surface area contributed by atoms with Gasteiger partial charge >= 0.3 is 0 Å². The maximum Gasteiger partial charge on any atom is 0.220 e. The number of hydrogen-bond donors (Lipinski definition) is 2. The number of ether oxygens (including phenoxy) is 1. The summed E-state index contributed by atoms with van der Waals surface area (Å²) in [5.74, 6) is 0.915. The first-order valence-corrected chi connectivity index (χ1v) is 8.48. The van der Waals surface area contributed by atoms with Crippen molar-refractivity contribution in [3.8, 4) is 0 Å². The first-order chi connectivity index (χ1) is 10.1. The molecule has 0 saturated carbocycles. The van der Waals surface area contributed by atoms with Gasteiger partial charge in [0.1, 0.15) is 0 Å². The van der Waals surface area contributed by atoms with Gasteiger partial charge in [0, 0.05) is 32.6 Å². The lowest BCUT2D eigenvalue weighted by Gasteiger charge is -2.35. The van der Waals surface area contributed by atoms with E-state index in [0.29, 0.717) is 24.5 Å². The van der Waals surface area contributed by atoms with Crippen molar-refractivity contribution in [2.75, 3.05) is 39.3 Å². The number of hydrogen-bond acceptors (Lipinski definition) is 4. The van der Waals surface area contributed by atoms with Gasteiger partial charge in [-0.3, -0.25) is 9.69 Å². The molecule has 0 aromatic rings. The normalized spacial score (nSPS) is 30.5. The quantitative estimate of drug-likeness (QED) is 0.688. The fourth-order valence-corrected chi connectivity index (χ4v) is 3.38. The van der Waals surface area contributed by atoms with Gasteiger partial charge in [-0.15, -0.1) is 0 Å². The number of rotatable bonds is 7. The Hall–Kier alpha value is -0.650. The maximum absolute atomic E-state index is 11.8. The van der Waals surface area contributed by atoms with Crippen LogP contribution in [0.2, 0.25) is 0 Å². The van der Waals surface area contributed by atoms with Crippen LogP contribution in [0.25, 0.3) is 0 Å². The Balaban J connectivity index is 1.49. The van der Waals surface area contributed by atoms with Crippen LogP contribution in [0.5, 0.6) is 0 Å². The highest BCUT2D eigenvalue weighted by atomic mass is 16.5. The zero-order chi connectivity index (χ0) is 15.1. The number of carbonyl (C=O) groups is 1. The number of carbonyl (C=O) groups excluding carboxylic acids is 1. The highest BCUT2D eigenvalue weighted by Crippen LogP contribution is 2.14. The van der Waals surface area contributed by atoms with Gasteiger partial charge in [0.15, 0.2) is 0 Å². The topological polar surface area (TPSA) is 53.6 Å². The summed E-state index contributed by atoms with van der Waals surface area (Å²) in [6, 6.07) is 0. The Bertz CT molecular complexity index is 309. The fraction of sp³-hybridized carbons (Fsp3) is 0.938. The second-order valence-corrected chi connectivity index (χ2v) is 6.62. The molecule has 2 heterocycles. The SMILES string of the molecule is CC1CN(CCCNC(=O)CCC2CCNC2)CC(C)O1. The van der Waals surface area contributed by atoms with Crippen molar-refractivity contribution in [2.45, 2.75) is 51.7 Å². The molecule has 3 atom stereocenters. The van der Waals surface area contributed by atoms with Gasteiger partial charge in [0.05, 0.1) is 12.2 Å². The average Bonchev–Trinajstić information content (AvgIpc) is 2.93. The molecule has 2 aliphatic rings. The summed E-state index contributed by atoms with van der Waals surface area (Å²) in [5, 5.41) is 6.40. The van der Waals surface area contributed by atoms with Crippen LogP contribution < -0.4 is 10.6 Å². The smallest absolute Gasteiger partial charge is 0.220 e. The Kier molecular flexibility index (Phi) is 6.93. The van der Waals surface area contributed by atoms with Gasteiger partial charge in [-0.05, 0) is 52.1 Å². The van der Waals surface area contributed by atoms with Crippen molar-refractivity contribution in [3.05, 3.63) is 0 Å². The molecule has 5 heteroatoms. The van der Waals surface area contributed by atoms with Crippen molar-refractivity contribution in [2.24, 2.45) is 5.92 Å². The van der Waals surface area contributed by atoms with Gasteiger partial charge in [0.2, 0.25) is 5.91 Å². The predicted octanol–water partition coefficient (Wildman–Crippen LogP) is 0.992. The van der Waals surface area contributed by atoms with Gasteiger partial charge in [0.25, 0.3) is 0 Å². The number of nitrogens with zero attached hydrogens (tertiary/aromatic N) is 1. The standard InChI is InChI=1S/C16H31N3O2/c1-13-11-19(12-14(2)21-13)9-3-7-18-16(20)5-4-15-6-8-17-10-15/h13-15,17H,3-12H2,1-2H3,(H,18,20). The van der Waals surface area contributed by atoms with Crippen LogP contribution in [0.1, 0.15) is 39.5 Å². The lowest BCUT2D eigenvalue weighted by atomic mass is 10.0. The van der Waals surface area contributed by atoms with Crippen LogP contribution >= 0.6 is 0 Å². The molecule has 2 fully saturated rings. The van der Waals surface area contributed by atoms with Gasteiger partial charge in [-0.1, -0.05) is 0 Å². The number of amides is 1. The summed E-state index contributed by atoms with van der Waals surface area (Å²) >= 11 is 0. The molecule has 0 aromatic carbocycles. The molecule has 0 spiro atoms. The Labute approximate surface area is 128 Å². The first-order valence-electron chi connectivity index (χ1n) is 8.48. The summed E-state index contributed by atoms with van der Waals surface area (Å²) in [6.07, 6.45) is 4.60. The van der Waals surface area contributed by atoms with E-state index in [2.05, 4.69) is 29.4 Å². The van der Waals surface area contributed by atoms with E-state index < -0.39 is 0 Å². The molecule has 0 aliphatic carbocycles. The van der Waals surface area contributed by atoms with Crippen LogP contribution in [0, 0.1) is 5.92 Å². The van der Waals surface area contributed by atoms with Crippen molar-refractivity contribution in [1.82, 2.24) is 15.5 Å². The third-order valence-corrected chi connectivity index (χ3v) is 4.41. The van der Waals surface area contributed by atoms with Gasteiger partial charge in [-0.2, -0.15) is 0 Å². The van der Waals surface area contributed by atoms with Crippen LogP contribution in [-0.2, 0) is 9.53 Å². The molecule has 122 valence electrons. The Morgan fingerprint density at radius 2 is 2.10 bits per heavy atom. The largest absolute Gasteiger partial charge is 0.373 e. The highest BCUT2D eigenvalue weighted by Gasteiger charge is 2.21. The van der Waals surface area contributed by atoms with Gasteiger partial charge in [-0.25, -0.2) is 0 Å². The summed E-state index contributed by atoms with van der Waals surface area (Å²) in [5.41, 5.74) is 0. The molecule has 21 heavy (non-hydrogen) atoms. The molecule has 2 rings (SSSR count). The average molecular weight is 297 g/mol. The first kappa shape index (κ1) is 16.7. The Morgan fingerprint density at radius 3 is 2.76 bits per heavy atom. The molecule has 2 aliphatic heterocycles.